The number of hydrogen-bond acceptors (Lipinski definition) is 5. The van der Waals surface area contributed by atoms with Crippen LogP contribution in [-0.4, -0.2) is 24.9 Å². The number of nitrogens with one attached hydrogen (secondary N) is 2. The van der Waals surface area contributed by atoms with E-state index in [0.29, 0.717) is 11.4 Å². The van der Waals surface area contributed by atoms with Crippen LogP contribution in [0.15, 0.2) is 108 Å². The molecular weight excluding hydrogens is 491 g/mol. The van der Waals surface area contributed by atoms with Crippen LogP contribution in [-0.2, 0) is 9.53 Å². The fraction of sp³-hybridized carbons (Fsp3) is 0.0690. The van der Waals surface area contributed by atoms with Crippen molar-refractivity contribution >= 4 is 40.9 Å². The number of ether oxygens (including phenoxy) is 1. The van der Waals surface area contributed by atoms with Gasteiger partial charge in [-0.3, -0.25) is 9.59 Å². The number of carbonyl (C=O) groups excluding carboxylic acids is 3. The van der Waals surface area contributed by atoms with Gasteiger partial charge in [0.05, 0.1) is 23.9 Å². The molecule has 0 fully saturated rings. The van der Waals surface area contributed by atoms with Crippen LogP contribution in [0.2, 0.25) is 0 Å². The summed E-state index contributed by atoms with van der Waals surface area (Å²) in [6.07, 6.45) is 0. The number of halogens is 1. The van der Waals surface area contributed by atoms with Gasteiger partial charge in [0, 0.05) is 10.6 Å². The van der Waals surface area contributed by atoms with Crippen LogP contribution in [0.3, 0.4) is 0 Å². The second kappa shape index (κ2) is 12.0. The van der Waals surface area contributed by atoms with Gasteiger partial charge in [0.15, 0.2) is 0 Å². The lowest BCUT2D eigenvalue weighted by atomic mass is 10.1. The predicted molar refractivity (Wildman–Crippen MR) is 142 cm³/mol. The maximum atomic E-state index is 13.9. The Bertz CT molecular complexity index is 1410. The van der Waals surface area contributed by atoms with Gasteiger partial charge in [-0.05, 0) is 54.1 Å². The van der Waals surface area contributed by atoms with Crippen LogP contribution in [0.5, 0.6) is 0 Å². The fourth-order valence-corrected chi connectivity index (χ4v) is 4.60. The number of para-hydroxylation sites is 1. The van der Waals surface area contributed by atoms with Crippen LogP contribution >= 0.6 is 11.8 Å². The molecule has 0 spiro atoms. The molecule has 0 aliphatic heterocycles. The smallest absolute Gasteiger partial charge is 0.339 e. The molecule has 8 heteroatoms. The molecule has 4 aromatic carbocycles. The van der Waals surface area contributed by atoms with Crippen molar-refractivity contribution in [1.29, 1.82) is 0 Å². The van der Waals surface area contributed by atoms with Gasteiger partial charge in [-0.15, -0.1) is 11.8 Å². The quantitative estimate of drug-likeness (QED) is 0.212. The number of hydrogen-bond donors (Lipinski definition) is 2. The number of methoxy groups -OCH3 is 1. The normalized spacial score (nSPS) is 11.3. The van der Waals surface area contributed by atoms with E-state index in [-0.39, 0.29) is 17.0 Å². The fourth-order valence-electron chi connectivity index (χ4n) is 3.58. The number of amides is 2. The molecule has 0 saturated heterocycles. The van der Waals surface area contributed by atoms with Crippen LogP contribution in [0, 0.1) is 5.82 Å². The highest BCUT2D eigenvalue weighted by Crippen LogP contribution is 2.37. The molecule has 1 atom stereocenters. The van der Waals surface area contributed by atoms with Crippen molar-refractivity contribution in [2.24, 2.45) is 0 Å². The van der Waals surface area contributed by atoms with Crippen molar-refractivity contribution in [1.82, 2.24) is 0 Å². The molecule has 4 rings (SSSR count). The van der Waals surface area contributed by atoms with Gasteiger partial charge < -0.3 is 15.4 Å². The molecule has 0 aliphatic rings. The van der Waals surface area contributed by atoms with E-state index in [9.17, 15) is 18.8 Å². The number of thioether (sulfide) groups is 1. The van der Waals surface area contributed by atoms with E-state index in [1.54, 1.807) is 54.6 Å². The highest BCUT2D eigenvalue weighted by Gasteiger charge is 2.24. The molecular formula is C29H23FN2O4S. The second-order valence-corrected chi connectivity index (χ2v) is 9.07. The molecule has 2 amide bonds. The molecule has 0 aliphatic carbocycles. The number of benzene rings is 4. The Morgan fingerprint density at radius 1 is 0.757 bits per heavy atom. The van der Waals surface area contributed by atoms with E-state index in [0.717, 1.165) is 10.5 Å². The first-order valence-corrected chi connectivity index (χ1v) is 12.2. The lowest BCUT2D eigenvalue weighted by Gasteiger charge is -2.18. The zero-order valence-corrected chi connectivity index (χ0v) is 20.6. The first-order valence-electron chi connectivity index (χ1n) is 11.3. The number of carbonyl (C=O) groups is 3. The molecule has 186 valence electrons. The molecule has 37 heavy (non-hydrogen) atoms. The minimum atomic E-state index is -0.634. The Hall–Kier alpha value is -4.43. The molecule has 2 N–H and O–H groups in total. The first-order chi connectivity index (χ1) is 18.0. The van der Waals surface area contributed by atoms with Crippen LogP contribution in [0.25, 0.3) is 0 Å². The topological polar surface area (TPSA) is 84.5 Å². The number of esters is 1. The van der Waals surface area contributed by atoms with Gasteiger partial charge >= 0.3 is 5.97 Å². The summed E-state index contributed by atoms with van der Waals surface area (Å²) in [5, 5.41) is 4.90. The van der Waals surface area contributed by atoms with Crippen LogP contribution in [0.1, 0.15) is 31.5 Å². The Balaban J connectivity index is 1.52. The Kier molecular flexibility index (Phi) is 8.33. The van der Waals surface area contributed by atoms with Crippen molar-refractivity contribution in [2.75, 3.05) is 17.7 Å². The summed E-state index contributed by atoms with van der Waals surface area (Å²) < 4.78 is 18.7. The summed E-state index contributed by atoms with van der Waals surface area (Å²) >= 11 is 1.31. The summed E-state index contributed by atoms with van der Waals surface area (Å²) in [7, 11) is 1.28. The molecule has 0 radical (unpaired) electrons. The Morgan fingerprint density at radius 2 is 1.38 bits per heavy atom. The van der Waals surface area contributed by atoms with Gasteiger partial charge in [-0.2, -0.15) is 0 Å². The minimum Gasteiger partial charge on any atom is -0.465 e. The van der Waals surface area contributed by atoms with Gasteiger partial charge in [0.2, 0.25) is 5.91 Å². The van der Waals surface area contributed by atoms with Crippen molar-refractivity contribution in [2.45, 2.75) is 10.1 Å². The molecule has 0 heterocycles. The lowest BCUT2D eigenvalue weighted by Crippen LogP contribution is -2.20. The minimum absolute atomic E-state index is 0.0472. The molecule has 4 aromatic rings. The summed E-state index contributed by atoms with van der Waals surface area (Å²) in [6, 6.07) is 28.6. The van der Waals surface area contributed by atoms with Crippen LogP contribution in [0.4, 0.5) is 15.8 Å². The third-order valence-corrected chi connectivity index (χ3v) is 6.68. The van der Waals surface area contributed by atoms with E-state index in [4.69, 9.17) is 4.74 Å². The SMILES string of the molecule is COC(=O)c1ccccc1NC(=O)C(Sc1ccc(NC(=O)c2ccccc2F)cc1)c1ccccc1. The number of anilines is 2. The van der Waals surface area contributed by atoms with E-state index in [2.05, 4.69) is 10.6 Å². The molecule has 0 saturated carbocycles. The van der Waals surface area contributed by atoms with E-state index in [1.165, 1.54) is 37.1 Å². The van der Waals surface area contributed by atoms with E-state index >= 15 is 0 Å². The lowest BCUT2D eigenvalue weighted by molar-refractivity contribution is -0.115. The summed E-state index contributed by atoms with van der Waals surface area (Å²) in [5.41, 5.74) is 1.83. The summed E-state index contributed by atoms with van der Waals surface area (Å²) in [6.45, 7) is 0. The Labute approximate surface area is 217 Å². The maximum absolute atomic E-state index is 13.9. The van der Waals surface area contributed by atoms with Crippen LogP contribution < -0.4 is 10.6 Å². The van der Waals surface area contributed by atoms with Crippen molar-refractivity contribution in [3.8, 4) is 0 Å². The number of rotatable bonds is 8. The van der Waals surface area contributed by atoms with Crippen molar-refractivity contribution in [3.63, 3.8) is 0 Å². The largest absolute Gasteiger partial charge is 0.465 e. The zero-order valence-electron chi connectivity index (χ0n) is 19.8. The molecule has 0 bridgehead atoms. The first kappa shape index (κ1) is 25.7. The third-order valence-electron chi connectivity index (χ3n) is 5.42. The zero-order chi connectivity index (χ0) is 26.2. The second-order valence-electron chi connectivity index (χ2n) is 7.89. The average Bonchev–Trinajstić information content (AvgIpc) is 2.93. The standard InChI is InChI=1S/C29H23FN2O4S/c1-36-29(35)23-12-6-8-14-25(23)32-28(34)26(19-9-3-2-4-10-19)37-21-17-15-20(16-18-21)31-27(33)22-11-5-7-13-24(22)30/h2-18,26H,1H3,(H,31,33)(H,32,34). The molecule has 0 aromatic heterocycles. The summed E-state index contributed by atoms with van der Waals surface area (Å²) in [4.78, 5) is 38.7. The van der Waals surface area contributed by atoms with E-state index in [1.807, 2.05) is 30.3 Å². The van der Waals surface area contributed by atoms with Gasteiger partial charge in [0.1, 0.15) is 11.1 Å². The highest BCUT2D eigenvalue weighted by molar-refractivity contribution is 8.00. The van der Waals surface area contributed by atoms with Crippen molar-refractivity contribution < 1.29 is 23.5 Å². The third kappa shape index (κ3) is 6.42. The highest BCUT2D eigenvalue weighted by atomic mass is 32.2. The monoisotopic (exact) mass is 514 g/mol. The van der Waals surface area contributed by atoms with Gasteiger partial charge in [0.25, 0.3) is 5.91 Å². The Morgan fingerprint density at radius 3 is 2.05 bits per heavy atom. The molecule has 1 unspecified atom stereocenters. The summed E-state index contributed by atoms with van der Waals surface area (Å²) in [5.74, 6) is -2.01. The average molecular weight is 515 g/mol. The van der Waals surface area contributed by atoms with Gasteiger partial charge in [-0.1, -0.05) is 54.6 Å². The van der Waals surface area contributed by atoms with E-state index < -0.39 is 22.9 Å². The van der Waals surface area contributed by atoms with Gasteiger partial charge in [-0.25, -0.2) is 9.18 Å². The predicted octanol–water partition coefficient (Wildman–Crippen LogP) is 6.34. The van der Waals surface area contributed by atoms with Crippen molar-refractivity contribution in [3.05, 3.63) is 126 Å². The maximum Gasteiger partial charge on any atom is 0.339 e. The molecule has 6 nitrogen and oxygen atoms in total.